The summed E-state index contributed by atoms with van der Waals surface area (Å²) in [4.78, 5) is 24.2. The maximum Gasteiger partial charge on any atom is 0.223 e. The van der Waals surface area contributed by atoms with Crippen LogP contribution >= 0.6 is 0 Å². The molecule has 132 valence electrons. The molecular weight excluding hydrogens is 314 g/mol. The Kier molecular flexibility index (Phi) is 6.29. The van der Waals surface area contributed by atoms with Crippen molar-refractivity contribution in [2.24, 2.45) is 23.5 Å². The molecule has 0 unspecified atom stereocenters. The highest BCUT2D eigenvalue weighted by Crippen LogP contribution is 2.38. The van der Waals surface area contributed by atoms with Crippen molar-refractivity contribution in [3.8, 4) is 0 Å². The molecule has 2 atom stereocenters. The van der Waals surface area contributed by atoms with Gasteiger partial charge in [0.25, 0.3) is 0 Å². The molecule has 1 saturated carbocycles. The summed E-state index contributed by atoms with van der Waals surface area (Å²) in [6.07, 6.45) is 3.36. The standard InChI is InChI=1S/C18H24F2N2O2/c1-2-22-18(24)16(9-11-3-4-11)15(17(21)23)6-5-12-7-13(19)10-14(20)8-12/h7-8,10-11,15-16H,2-6,9H2,1H3,(H2,21,23)(H,22,24)/t15-,16+/m0/s1. The van der Waals surface area contributed by atoms with Crippen molar-refractivity contribution in [3.63, 3.8) is 0 Å². The molecule has 24 heavy (non-hydrogen) atoms. The van der Waals surface area contributed by atoms with E-state index in [1.807, 2.05) is 6.92 Å². The van der Waals surface area contributed by atoms with Crippen molar-refractivity contribution in [3.05, 3.63) is 35.4 Å². The number of halogens is 2. The molecule has 3 N–H and O–H groups in total. The Balaban J connectivity index is 2.09. The van der Waals surface area contributed by atoms with Crippen molar-refractivity contribution in [2.45, 2.75) is 39.0 Å². The van der Waals surface area contributed by atoms with Crippen LogP contribution in [0.2, 0.25) is 0 Å². The van der Waals surface area contributed by atoms with Gasteiger partial charge in [0.2, 0.25) is 11.8 Å². The van der Waals surface area contributed by atoms with E-state index in [1.165, 1.54) is 12.1 Å². The zero-order valence-electron chi connectivity index (χ0n) is 13.9. The lowest BCUT2D eigenvalue weighted by atomic mass is 9.82. The molecule has 2 amide bonds. The van der Waals surface area contributed by atoms with Crippen molar-refractivity contribution in [1.82, 2.24) is 5.32 Å². The highest BCUT2D eigenvalue weighted by molar-refractivity contribution is 5.86. The molecule has 0 bridgehead atoms. The third kappa shape index (κ3) is 5.28. The molecule has 1 aromatic rings. The van der Waals surface area contributed by atoms with Gasteiger partial charge in [-0.25, -0.2) is 8.78 Å². The van der Waals surface area contributed by atoms with Crippen LogP contribution in [0.5, 0.6) is 0 Å². The van der Waals surface area contributed by atoms with Gasteiger partial charge in [-0.3, -0.25) is 9.59 Å². The number of benzene rings is 1. The first-order valence-corrected chi connectivity index (χ1v) is 8.42. The van der Waals surface area contributed by atoms with Crippen LogP contribution in [0.1, 0.15) is 38.2 Å². The number of amides is 2. The summed E-state index contributed by atoms with van der Waals surface area (Å²) in [6.45, 7) is 2.31. The molecule has 4 nitrogen and oxygen atoms in total. The van der Waals surface area contributed by atoms with Crippen molar-refractivity contribution in [1.29, 1.82) is 0 Å². The van der Waals surface area contributed by atoms with Crippen LogP contribution in [0.3, 0.4) is 0 Å². The number of primary amides is 1. The molecule has 1 aliphatic rings. The predicted octanol–water partition coefficient (Wildman–Crippen LogP) is 2.55. The summed E-state index contributed by atoms with van der Waals surface area (Å²) in [5.41, 5.74) is 5.98. The van der Waals surface area contributed by atoms with E-state index in [0.717, 1.165) is 18.9 Å². The van der Waals surface area contributed by atoms with Gasteiger partial charge in [0.15, 0.2) is 0 Å². The van der Waals surface area contributed by atoms with Gasteiger partial charge in [0.05, 0.1) is 0 Å². The predicted molar refractivity (Wildman–Crippen MR) is 86.9 cm³/mol. The second-order valence-electron chi connectivity index (χ2n) is 6.51. The van der Waals surface area contributed by atoms with E-state index in [-0.39, 0.29) is 5.91 Å². The maximum atomic E-state index is 13.3. The number of hydrogen-bond donors (Lipinski definition) is 2. The van der Waals surface area contributed by atoms with Crippen molar-refractivity contribution in [2.75, 3.05) is 6.54 Å². The Morgan fingerprint density at radius 2 is 1.83 bits per heavy atom. The Morgan fingerprint density at radius 1 is 1.21 bits per heavy atom. The fourth-order valence-electron chi connectivity index (χ4n) is 3.09. The van der Waals surface area contributed by atoms with Crippen molar-refractivity contribution < 1.29 is 18.4 Å². The smallest absolute Gasteiger partial charge is 0.223 e. The molecule has 0 spiro atoms. The summed E-state index contributed by atoms with van der Waals surface area (Å²) in [5.74, 6) is -2.66. The van der Waals surface area contributed by atoms with Gasteiger partial charge in [-0.1, -0.05) is 12.8 Å². The average molecular weight is 338 g/mol. The minimum Gasteiger partial charge on any atom is -0.369 e. The molecule has 0 radical (unpaired) electrons. The van der Waals surface area contributed by atoms with E-state index in [1.54, 1.807) is 0 Å². The second kappa shape index (κ2) is 8.22. The third-order valence-corrected chi connectivity index (χ3v) is 4.49. The highest BCUT2D eigenvalue weighted by atomic mass is 19.1. The molecule has 1 fully saturated rings. The molecule has 0 heterocycles. The number of carbonyl (C=O) groups is 2. The molecule has 0 aliphatic heterocycles. The molecular formula is C18H24F2N2O2. The molecule has 0 aromatic heterocycles. The SMILES string of the molecule is CCNC(=O)[C@H](CC1CC1)[C@H](CCc1cc(F)cc(F)c1)C(N)=O. The monoisotopic (exact) mass is 338 g/mol. The lowest BCUT2D eigenvalue weighted by Crippen LogP contribution is -2.41. The Hall–Kier alpha value is -1.98. The summed E-state index contributed by atoms with van der Waals surface area (Å²) in [5, 5.41) is 2.76. The number of aryl methyl sites for hydroxylation is 1. The molecule has 2 rings (SSSR count). The molecule has 1 aromatic carbocycles. The van der Waals surface area contributed by atoms with Gasteiger partial charge >= 0.3 is 0 Å². The van der Waals surface area contributed by atoms with Crippen LogP contribution in [-0.4, -0.2) is 18.4 Å². The van der Waals surface area contributed by atoms with Crippen molar-refractivity contribution >= 4 is 11.8 Å². The second-order valence-corrected chi connectivity index (χ2v) is 6.51. The normalized spacial score (nSPS) is 16.5. The lowest BCUT2D eigenvalue weighted by Gasteiger charge is -2.24. The average Bonchev–Trinajstić information content (AvgIpc) is 3.29. The minimum atomic E-state index is -0.654. The quantitative estimate of drug-likeness (QED) is 0.726. The summed E-state index contributed by atoms with van der Waals surface area (Å²) in [7, 11) is 0. The number of hydrogen-bond acceptors (Lipinski definition) is 2. The first kappa shape index (κ1) is 18.4. The number of nitrogens with one attached hydrogen (secondary N) is 1. The first-order chi connectivity index (χ1) is 11.4. The summed E-state index contributed by atoms with van der Waals surface area (Å²) < 4.78 is 26.6. The van der Waals surface area contributed by atoms with Gasteiger partial charge in [0, 0.05) is 24.4 Å². The van der Waals surface area contributed by atoms with Crippen LogP contribution in [0.4, 0.5) is 8.78 Å². The van der Waals surface area contributed by atoms with Crippen LogP contribution < -0.4 is 11.1 Å². The summed E-state index contributed by atoms with van der Waals surface area (Å²) >= 11 is 0. The Morgan fingerprint density at radius 3 is 2.33 bits per heavy atom. The van der Waals surface area contributed by atoms with E-state index >= 15 is 0 Å². The maximum absolute atomic E-state index is 13.3. The number of carbonyl (C=O) groups excluding carboxylic acids is 2. The highest BCUT2D eigenvalue weighted by Gasteiger charge is 2.36. The Labute approximate surface area is 140 Å². The van der Waals surface area contributed by atoms with Gasteiger partial charge in [-0.2, -0.15) is 0 Å². The van der Waals surface area contributed by atoms with Crippen LogP contribution in [-0.2, 0) is 16.0 Å². The van der Waals surface area contributed by atoms with E-state index in [4.69, 9.17) is 5.73 Å². The largest absolute Gasteiger partial charge is 0.369 e. The van der Waals surface area contributed by atoms with E-state index in [2.05, 4.69) is 5.32 Å². The van der Waals surface area contributed by atoms with Crippen LogP contribution in [0, 0.1) is 29.4 Å². The number of nitrogens with two attached hydrogens (primary N) is 1. The van der Waals surface area contributed by atoms with Gasteiger partial charge in [-0.05, 0) is 49.8 Å². The van der Waals surface area contributed by atoms with E-state index in [0.29, 0.717) is 37.3 Å². The fraction of sp³-hybridized carbons (Fsp3) is 0.556. The first-order valence-electron chi connectivity index (χ1n) is 8.42. The lowest BCUT2D eigenvalue weighted by molar-refractivity contribution is -0.133. The zero-order chi connectivity index (χ0) is 17.7. The molecule has 1 aliphatic carbocycles. The molecule has 0 saturated heterocycles. The Bertz CT molecular complexity index is 582. The zero-order valence-corrected chi connectivity index (χ0v) is 13.9. The van der Waals surface area contributed by atoms with Gasteiger partial charge in [0.1, 0.15) is 11.6 Å². The minimum absolute atomic E-state index is 0.168. The third-order valence-electron chi connectivity index (χ3n) is 4.49. The van der Waals surface area contributed by atoms with Gasteiger partial charge < -0.3 is 11.1 Å². The topological polar surface area (TPSA) is 72.2 Å². The van der Waals surface area contributed by atoms with Crippen LogP contribution in [0.25, 0.3) is 0 Å². The van der Waals surface area contributed by atoms with E-state index < -0.39 is 29.4 Å². The number of rotatable bonds is 9. The fourth-order valence-corrected chi connectivity index (χ4v) is 3.09. The van der Waals surface area contributed by atoms with Gasteiger partial charge in [-0.15, -0.1) is 0 Å². The van der Waals surface area contributed by atoms with Crippen LogP contribution in [0.15, 0.2) is 18.2 Å². The van der Waals surface area contributed by atoms with E-state index in [9.17, 15) is 18.4 Å². The molecule has 6 heteroatoms. The summed E-state index contributed by atoms with van der Waals surface area (Å²) in [6, 6.07) is 3.28.